The lowest BCUT2D eigenvalue weighted by Crippen LogP contribution is -2.20. The number of ether oxygens (including phenoxy) is 1. The van der Waals surface area contributed by atoms with Gasteiger partial charge in [0.1, 0.15) is 6.61 Å². The van der Waals surface area contributed by atoms with Gasteiger partial charge in [0.2, 0.25) is 0 Å². The SMILES string of the molecule is CCCC(=O)OCCNCc1ccc(CC)cc1. The Hall–Kier alpha value is -1.35. The van der Waals surface area contributed by atoms with Gasteiger partial charge in [0, 0.05) is 19.5 Å². The molecule has 0 saturated carbocycles. The molecule has 0 aliphatic rings. The van der Waals surface area contributed by atoms with Crippen molar-refractivity contribution in [2.45, 2.75) is 39.7 Å². The first-order valence-electron chi connectivity index (χ1n) is 6.70. The van der Waals surface area contributed by atoms with Crippen LogP contribution in [-0.2, 0) is 22.5 Å². The fourth-order valence-corrected chi connectivity index (χ4v) is 1.64. The number of hydrogen-bond acceptors (Lipinski definition) is 3. The Morgan fingerprint density at radius 1 is 1.17 bits per heavy atom. The number of aryl methyl sites for hydroxylation is 1. The summed E-state index contributed by atoms with van der Waals surface area (Å²) < 4.78 is 5.06. The smallest absolute Gasteiger partial charge is 0.305 e. The van der Waals surface area contributed by atoms with Crippen LogP contribution >= 0.6 is 0 Å². The molecule has 3 nitrogen and oxygen atoms in total. The molecular formula is C15H23NO2. The largest absolute Gasteiger partial charge is 0.464 e. The summed E-state index contributed by atoms with van der Waals surface area (Å²) in [6.07, 6.45) is 2.43. The number of carbonyl (C=O) groups excluding carboxylic acids is 1. The minimum Gasteiger partial charge on any atom is -0.464 e. The number of esters is 1. The fourth-order valence-electron chi connectivity index (χ4n) is 1.64. The Morgan fingerprint density at radius 2 is 1.83 bits per heavy atom. The monoisotopic (exact) mass is 249 g/mol. The average Bonchev–Trinajstić information content (AvgIpc) is 2.39. The molecule has 1 N–H and O–H groups in total. The molecule has 0 aromatic heterocycles. The molecule has 0 aliphatic heterocycles. The van der Waals surface area contributed by atoms with Gasteiger partial charge in [0.15, 0.2) is 0 Å². The van der Waals surface area contributed by atoms with Gasteiger partial charge in [-0.3, -0.25) is 4.79 Å². The van der Waals surface area contributed by atoms with Crippen LogP contribution in [-0.4, -0.2) is 19.1 Å². The molecule has 0 bridgehead atoms. The van der Waals surface area contributed by atoms with E-state index in [0.29, 0.717) is 19.6 Å². The molecule has 0 heterocycles. The van der Waals surface area contributed by atoms with E-state index in [1.807, 2.05) is 6.92 Å². The van der Waals surface area contributed by atoms with Crippen LogP contribution in [0.25, 0.3) is 0 Å². The second kappa shape index (κ2) is 8.70. The van der Waals surface area contributed by atoms with Crippen molar-refractivity contribution in [2.75, 3.05) is 13.2 Å². The van der Waals surface area contributed by atoms with E-state index >= 15 is 0 Å². The van der Waals surface area contributed by atoms with Crippen molar-refractivity contribution in [1.82, 2.24) is 5.32 Å². The van der Waals surface area contributed by atoms with Crippen molar-refractivity contribution in [2.24, 2.45) is 0 Å². The number of nitrogens with one attached hydrogen (secondary N) is 1. The molecule has 0 amide bonds. The fraction of sp³-hybridized carbons (Fsp3) is 0.533. The summed E-state index contributed by atoms with van der Waals surface area (Å²) in [6, 6.07) is 8.57. The van der Waals surface area contributed by atoms with Crippen LogP contribution in [0.15, 0.2) is 24.3 Å². The number of benzene rings is 1. The normalized spacial score (nSPS) is 10.3. The molecule has 18 heavy (non-hydrogen) atoms. The second-order valence-corrected chi connectivity index (χ2v) is 4.32. The highest BCUT2D eigenvalue weighted by Crippen LogP contribution is 2.04. The maximum atomic E-state index is 11.1. The van der Waals surface area contributed by atoms with Crippen molar-refractivity contribution in [3.05, 3.63) is 35.4 Å². The van der Waals surface area contributed by atoms with Crippen LogP contribution in [0.5, 0.6) is 0 Å². The van der Waals surface area contributed by atoms with Crippen molar-refractivity contribution in [3.63, 3.8) is 0 Å². The summed E-state index contributed by atoms with van der Waals surface area (Å²) in [5.41, 5.74) is 2.61. The number of rotatable bonds is 8. The molecule has 0 unspecified atom stereocenters. The van der Waals surface area contributed by atoms with Gasteiger partial charge in [0.05, 0.1) is 0 Å². The minimum absolute atomic E-state index is 0.105. The highest BCUT2D eigenvalue weighted by atomic mass is 16.5. The van der Waals surface area contributed by atoms with Gasteiger partial charge in [-0.25, -0.2) is 0 Å². The maximum absolute atomic E-state index is 11.1. The number of carbonyl (C=O) groups is 1. The number of hydrogen-bond donors (Lipinski definition) is 1. The van der Waals surface area contributed by atoms with Crippen molar-refractivity contribution in [3.8, 4) is 0 Å². The Bertz CT molecular complexity index is 346. The molecule has 1 rings (SSSR count). The van der Waals surface area contributed by atoms with Gasteiger partial charge in [-0.1, -0.05) is 38.1 Å². The first kappa shape index (κ1) is 14.7. The van der Waals surface area contributed by atoms with E-state index in [2.05, 4.69) is 36.5 Å². The van der Waals surface area contributed by atoms with Gasteiger partial charge >= 0.3 is 5.97 Å². The molecule has 0 aliphatic carbocycles. The summed E-state index contributed by atoms with van der Waals surface area (Å²) in [5.74, 6) is -0.105. The lowest BCUT2D eigenvalue weighted by molar-refractivity contribution is -0.143. The summed E-state index contributed by atoms with van der Waals surface area (Å²) in [5, 5.41) is 3.26. The molecular weight excluding hydrogens is 226 g/mol. The molecule has 0 atom stereocenters. The Labute approximate surface area is 110 Å². The van der Waals surface area contributed by atoms with E-state index in [1.165, 1.54) is 11.1 Å². The van der Waals surface area contributed by atoms with Crippen LogP contribution < -0.4 is 5.32 Å². The third kappa shape index (κ3) is 5.82. The molecule has 0 radical (unpaired) electrons. The van der Waals surface area contributed by atoms with Crippen LogP contribution in [0.2, 0.25) is 0 Å². The van der Waals surface area contributed by atoms with E-state index in [0.717, 1.165) is 19.4 Å². The van der Waals surface area contributed by atoms with Gasteiger partial charge in [-0.05, 0) is 24.0 Å². The van der Waals surface area contributed by atoms with Gasteiger partial charge in [-0.15, -0.1) is 0 Å². The lowest BCUT2D eigenvalue weighted by Gasteiger charge is -2.06. The quantitative estimate of drug-likeness (QED) is 0.568. The van der Waals surface area contributed by atoms with Crippen LogP contribution in [0.3, 0.4) is 0 Å². The van der Waals surface area contributed by atoms with Crippen molar-refractivity contribution in [1.29, 1.82) is 0 Å². The van der Waals surface area contributed by atoms with Gasteiger partial charge in [-0.2, -0.15) is 0 Å². The molecule has 1 aromatic rings. The van der Waals surface area contributed by atoms with Crippen LogP contribution in [0.1, 0.15) is 37.8 Å². The Morgan fingerprint density at radius 3 is 2.44 bits per heavy atom. The van der Waals surface area contributed by atoms with E-state index in [1.54, 1.807) is 0 Å². The third-order valence-electron chi connectivity index (χ3n) is 2.76. The molecule has 0 saturated heterocycles. The standard InChI is InChI=1S/C15H23NO2/c1-3-5-15(17)18-11-10-16-12-14-8-6-13(4-2)7-9-14/h6-9,16H,3-5,10-12H2,1-2H3. The van der Waals surface area contributed by atoms with Crippen molar-refractivity contribution >= 4 is 5.97 Å². The minimum atomic E-state index is -0.105. The first-order valence-corrected chi connectivity index (χ1v) is 6.70. The average molecular weight is 249 g/mol. The molecule has 1 aromatic carbocycles. The predicted octanol–water partition coefficient (Wildman–Crippen LogP) is 2.68. The lowest BCUT2D eigenvalue weighted by atomic mass is 10.1. The van der Waals surface area contributed by atoms with Gasteiger partial charge in [0.25, 0.3) is 0 Å². The zero-order chi connectivity index (χ0) is 13.2. The Kier molecular flexibility index (Phi) is 7.11. The van der Waals surface area contributed by atoms with Gasteiger partial charge < -0.3 is 10.1 Å². The predicted molar refractivity (Wildman–Crippen MR) is 73.4 cm³/mol. The summed E-state index contributed by atoms with van der Waals surface area (Å²) in [6.45, 7) is 6.09. The zero-order valence-electron chi connectivity index (χ0n) is 11.4. The highest BCUT2D eigenvalue weighted by molar-refractivity contribution is 5.69. The maximum Gasteiger partial charge on any atom is 0.305 e. The van der Waals surface area contributed by atoms with E-state index in [4.69, 9.17) is 4.74 Å². The third-order valence-corrected chi connectivity index (χ3v) is 2.76. The molecule has 3 heteroatoms. The first-order chi connectivity index (χ1) is 8.76. The topological polar surface area (TPSA) is 38.3 Å². The summed E-state index contributed by atoms with van der Waals surface area (Å²) in [4.78, 5) is 11.1. The van der Waals surface area contributed by atoms with Crippen LogP contribution in [0.4, 0.5) is 0 Å². The summed E-state index contributed by atoms with van der Waals surface area (Å²) >= 11 is 0. The van der Waals surface area contributed by atoms with Crippen LogP contribution in [0, 0.1) is 0 Å². The highest BCUT2D eigenvalue weighted by Gasteiger charge is 1.99. The molecule has 0 fully saturated rings. The Balaban J connectivity index is 2.12. The zero-order valence-corrected chi connectivity index (χ0v) is 11.4. The van der Waals surface area contributed by atoms with E-state index < -0.39 is 0 Å². The summed E-state index contributed by atoms with van der Waals surface area (Å²) in [7, 11) is 0. The van der Waals surface area contributed by atoms with Crippen molar-refractivity contribution < 1.29 is 9.53 Å². The molecule has 100 valence electrons. The second-order valence-electron chi connectivity index (χ2n) is 4.32. The van der Waals surface area contributed by atoms with E-state index in [-0.39, 0.29) is 5.97 Å². The van der Waals surface area contributed by atoms with E-state index in [9.17, 15) is 4.79 Å². The molecule has 0 spiro atoms.